The number of carboxylic acid groups (broad SMARTS) is 1. The minimum absolute atomic E-state index is 0.00118. The molecule has 0 rings (SSSR count). The maximum atomic E-state index is 11.1. The molecule has 3 N–H and O–H groups in total. The van der Waals surface area contributed by atoms with Crippen molar-refractivity contribution in [1.82, 2.24) is 10.6 Å². The van der Waals surface area contributed by atoms with Crippen LogP contribution in [0.4, 0.5) is 4.79 Å². The molecule has 0 aliphatic rings. The van der Waals surface area contributed by atoms with Crippen molar-refractivity contribution in [3.63, 3.8) is 0 Å². The van der Waals surface area contributed by atoms with E-state index in [1.54, 1.807) is 6.26 Å². The third-order valence-electron chi connectivity index (χ3n) is 1.36. The van der Waals surface area contributed by atoms with Crippen LogP contribution in [0.3, 0.4) is 0 Å². The lowest BCUT2D eigenvalue weighted by molar-refractivity contribution is -0.138. The largest absolute Gasteiger partial charge is 0.480 e. The van der Waals surface area contributed by atoms with Crippen LogP contribution in [-0.2, 0) is 4.79 Å². The van der Waals surface area contributed by atoms with Gasteiger partial charge in [0, 0.05) is 11.8 Å². The van der Waals surface area contributed by atoms with Crippen LogP contribution in [0, 0.1) is 0 Å². The van der Waals surface area contributed by atoms with Gasteiger partial charge in [0.05, 0.1) is 0 Å². The molecule has 0 heterocycles. The fourth-order valence-corrected chi connectivity index (χ4v) is 1.36. The van der Waals surface area contributed by atoms with Crippen molar-refractivity contribution in [2.45, 2.75) is 25.9 Å². The number of rotatable bonds is 5. The Morgan fingerprint density at radius 1 is 1.36 bits per heavy atom. The van der Waals surface area contributed by atoms with E-state index in [4.69, 9.17) is 5.11 Å². The Balaban J connectivity index is 4.02. The minimum atomic E-state index is -1.02. The number of hydrogen-bond acceptors (Lipinski definition) is 3. The Hall–Kier alpha value is -0.910. The quantitative estimate of drug-likeness (QED) is 0.631. The van der Waals surface area contributed by atoms with Gasteiger partial charge in [0.15, 0.2) is 0 Å². The second-order valence-electron chi connectivity index (χ2n) is 3.12. The van der Waals surface area contributed by atoms with E-state index < -0.39 is 18.0 Å². The molecule has 0 fully saturated rings. The minimum Gasteiger partial charge on any atom is -0.480 e. The SMILES string of the molecule is CSCC(NC(=O)NC(C)C)C(=O)O. The smallest absolute Gasteiger partial charge is 0.327 e. The lowest BCUT2D eigenvalue weighted by Gasteiger charge is -2.15. The zero-order valence-corrected chi connectivity index (χ0v) is 9.35. The van der Waals surface area contributed by atoms with E-state index in [0.29, 0.717) is 5.75 Å². The van der Waals surface area contributed by atoms with Crippen molar-refractivity contribution in [2.75, 3.05) is 12.0 Å². The average Bonchev–Trinajstić information content (AvgIpc) is 2.01. The van der Waals surface area contributed by atoms with Crippen molar-refractivity contribution >= 4 is 23.8 Å². The highest BCUT2D eigenvalue weighted by Gasteiger charge is 2.18. The maximum Gasteiger partial charge on any atom is 0.327 e. The topological polar surface area (TPSA) is 78.4 Å². The van der Waals surface area contributed by atoms with E-state index in [1.807, 2.05) is 13.8 Å². The highest BCUT2D eigenvalue weighted by molar-refractivity contribution is 7.98. The Morgan fingerprint density at radius 3 is 2.29 bits per heavy atom. The standard InChI is InChI=1S/C8H16N2O3S/c1-5(2)9-8(13)10-6(4-14-3)7(11)12/h5-6H,4H2,1-3H3,(H,11,12)(H2,9,10,13). The number of carbonyl (C=O) groups excluding carboxylic acids is 1. The molecule has 0 spiro atoms. The van der Waals surface area contributed by atoms with Gasteiger partial charge in [0.2, 0.25) is 0 Å². The second-order valence-corrected chi connectivity index (χ2v) is 4.03. The summed E-state index contributed by atoms with van der Waals surface area (Å²) < 4.78 is 0. The Morgan fingerprint density at radius 2 is 1.93 bits per heavy atom. The molecule has 0 aliphatic heterocycles. The van der Waals surface area contributed by atoms with Crippen molar-refractivity contribution < 1.29 is 14.7 Å². The number of carboxylic acids is 1. The molecule has 0 saturated carbocycles. The van der Waals surface area contributed by atoms with Crippen LogP contribution in [0.25, 0.3) is 0 Å². The number of hydrogen-bond donors (Lipinski definition) is 3. The highest BCUT2D eigenvalue weighted by Crippen LogP contribution is 1.97. The summed E-state index contributed by atoms with van der Waals surface area (Å²) in [5.74, 6) is -0.654. The van der Waals surface area contributed by atoms with E-state index in [1.165, 1.54) is 11.8 Å². The lowest BCUT2D eigenvalue weighted by Crippen LogP contribution is -2.48. The Bertz CT molecular complexity index is 209. The fourth-order valence-electron chi connectivity index (χ4n) is 0.803. The van der Waals surface area contributed by atoms with Gasteiger partial charge in [-0.2, -0.15) is 11.8 Å². The summed E-state index contributed by atoms with van der Waals surface area (Å²) >= 11 is 1.38. The molecule has 0 saturated heterocycles. The summed E-state index contributed by atoms with van der Waals surface area (Å²) in [7, 11) is 0. The van der Waals surface area contributed by atoms with Gasteiger partial charge in [-0.15, -0.1) is 0 Å². The molecule has 0 radical (unpaired) electrons. The zero-order chi connectivity index (χ0) is 11.1. The van der Waals surface area contributed by atoms with Crippen LogP contribution in [0.1, 0.15) is 13.8 Å². The van der Waals surface area contributed by atoms with Gasteiger partial charge < -0.3 is 15.7 Å². The molecular weight excluding hydrogens is 204 g/mol. The molecule has 0 aromatic rings. The van der Waals surface area contributed by atoms with Gasteiger partial charge in [-0.3, -0.25) is 0 Å². The van der Waals surface area contributed by atoms with E-state index >= 15 is 0 Å². The van der Waals surface area contributed by atoms with Gasteiger partial charge in [-0.25, -0.2) is 9.59 Å². The summed E-state index contributed by atoms with van der Waals surface area (Å²) in [4.78, 5) is 21.8. The van der Waals surface area contributed by atoms with Crippen LogP contribution in [0.15, 0.2) is 0 Å². The van der Waals surface area contributed by atoms with Gasteiger partial charge in [0.25, 0.3) is 0 Å². The number of nitrogens with one attached hydrogen (secondary N) is 2. The van der Waals surface area contributed by atoms with Crippen LogP contribution >= 0.6 is 11.8 Å². The predicted octanol–water partition coefficient (Wildman–Crippen LogP) is 0.510. The first-order valence-electron chi connectivity index (χ1n) is 4.26. The molecule has 14 heavy (non-hydrogen) atoms. The molecule has 5 nitrogen and oxygen atoms in total. The van der Waals surface area contributed by atoms with E-state index in [0.717, 1.165) is 0 Å². The molecular formula is C8H16N2O3S. The van der Waals surface area contributed by atoms with Crippen LogP contribution in [0.5, 0.6) is 0 Å². The summed E-state index contributed by atoms with van der Waals surface area (Å²) in [5, 5.41) is 13.7. The molecule has 1 unspecified atom stereocenters. The first kappa shape index (κ1) is 13.1. The monoisotopic (exact) mass is 220 g/mol. The highest BCUT2D eigenvalue weighted by atomic mass is 32.2. The van der Waals surface area contributed by atoms with Gasteiger partial charge in [-0.1, -0.05) is 0 Å². The lowest BCUT2D eigenvalue weighted by atomic mass is 10.3. The van der Waals surface area contributed by atoms with Crippen molar-refractivity contribution in [3.8, 4) is 0 Å². The first-order chi connectivity index (χ1) is 6.47. The summed E-state index contributed by atoms with van der Waals surface area (Å²) in [5.41, 5.74) is 0. The molecule has 2 amide bonds. The van der Waals surface area contributed by atoms with E-state index in [9.17, 15) is 9.59 Å². The van der Waals surface area contributed by atoms with Gasteiger partial charge in [-0.05, 0) is 20.1 Å². The zero-order valence-electron chi connectivity index (χ0n) is 8.53. The van der Waals surface area contributed by atoms with Crippen LogP contribution in [0.2, 0.25) is 0 Å². The van der Waals surface area contributed by atoms with Crippen LogP contribution < -0.4 is 10.6 Å². The molecule has 0 aromatic carbocycles. The van der Waals surface area contributed by atoms with Gasteiger partial charge in [0.1, 0.15) is 6.04 Å². The number of urea groups is 1. The summed E-state index contributed by atoms with van der Waals surface area (Å²) in [6, 6.07) is -1.27. The molecule has 6 heteroatoms. The first-order valence-corrected chi connectivity index (χ1v) is 5.65. The third kappa shape index (κ3) is 5.69. The fraction of sp³-hybridized carbons (Fsp3) is 0.750. The molecule has 0 bridgehead atoms. The summed E-state index contributed by atoms with van der Waals surface area (Å²) in [6.45, 7) is 3.62. The number of aliphatic carboxylic acids is 1. The third-order valence-corrected chi connectivity index (χ3v) is 2.02. The Kier molecular flexibility index (Phi) is 6.11. The second kappa shape index (κ2) is 6.53. The molecule has 1 atom stereocenters. The maximum absolute atomic E-state index is 11.1. The van der Waals surface area contributed by atoms with Crippen molar-refractivity contribution in [3.05, 3.63) is 0 Å². The van der Waals surface area contributed by atoms with Crippen molar-refractivity contribution in [1.29, 1.82) is 0 Å². The average molecular weight is 220 g/mol. The molecule has 82 valence electrons. The number of carbonyl (C=O) groups is 2. The number of amides is 2. The van der Waals surface area contributed by atoms with Crippen LogP contribution in [-0.4, -0.2) is 41.2 Å². The van der Waals surface area contributed by atoms with E-state index in [-0.39, 0.29) is 6.04 Å². The van der Waals surface area contributed by atoms with E-state index in [2.05, 4.69) is 10.6 Å². The Labute approximate surface area is 87.6 Å². The number of thioether (sulfide) groups is 1. The predicted molar refractivity (Wildman–Crippen MR) is 56.6 cm³/mol. The van der Waals surface area contributed by atoms with Crippen molar-refractivity contribution in [2.24, 2.45) is 0 Å². The van der Waals surface area contributed by atoms with Gasteiger partial charge >= 0.3 is 12.0 Å². The molecule has 0 aromatic heterocycles. The normalized spacial score (nSPS) is 12.3. The summed E-state index contributed by atoms with van der Waals surface area (Å²) in [6.07, 6.45) is 1.79. The molecule has 0 aliphatic carbocycles.